The van der Waals surface area contributed by atoms with Crippen LogP contribution in [0.15, 0.2) is 11.3 Å². The zero-order chi connectivity index (χ0) is 27.6. The van der Waals surface area contributed by atoms with Gasteiger partial charge in [-0.1, -0.05) is 0 Å². The Labute approximate surface area is 225 Å². The van der Waals surface area contributed by atoms with E-state index in [9.17, 15) is 14.4 Å². The van der Waals surface area contributed by atoms with Crippen molar-refractivity contribution in [3.05, 3.63) is 11.3 Å². The molecule has 208 valence electrons. The van der Waals surface area contributed by atoms with Crippen molar-refractivity contribution in [1.82, 2.24) is 0 Å². The van der Waals surface area contributed by atoms with Crippen molar-refractivity contribution in [2.75, 3.05) is 21.3 Å². The first-order chi connectivity index (χ1) is 16.9. The number of hydrogen-bond acceptors (Lipinski definition) is 6. The predicted molar refractivity (Wildman–Crippen MR) is 151 cm³/mol. The fourth-order valence-corrected chi connectivity index (χ4v) is 26.7. The molecule has 1 aliphatic carbocycles. The van der Waals surface area contributed by atoms with Crippen molar-refractivity contribution in [3.8, 4) is 0 Å². The molecule has 0 aromatic carbocycles. The van der Waals surface area contributed by atoms with E-state index in [1.807, 2.05) is 0 Å². The first-order valence-electron chi connectivity index (χ1n) is 13.9. The summed E-state index contributed by atoms with van der Waals surface area (Å²) in [5.74, 6) is -1.42. The van der Waals surface area contributed by atoms with Crippen molar-refractivity contribution in [1.29, 1.82) is 0 Å². The Balaban J connectivity index is 3.90. The summed E-state index contributed by atoms with van der Waals surface area (Å²) in [5, 5.41) is 0. The van der Waals surface area contributed by atoms with E-state index in [1.54, 1.807) is 0 Å². The number of methoxy groups -OCH3 is 3. The molecule has 0 heterocycles. The molecule has 0 aromatic rings. The third-order valence-corrected chi connectivity index (χ3v) is 26.3. The zero-order valence-electron chi connectivity index (χ0n) is 24.5. The Kier molecular flexibility index (Phi) is 13.8. The third-order valence-electron chi connectivity index (χ3n) is 7.92. The molecule has 2 unspecified atom stereocenters. The van der Waals surface area contributed by atoms with Crippen LogP contribution >= 0.6 is 0 Å². The summed E-state index contributed by atoms with van der Waals surface area (Å²) >= 11 is -3.21. The molecule has 2 atom stereocenters. The van der Waals surface area contributed by atoms with E-state index in [0.29, 0.717) is 0 Å². The fraction of sp³-hybridized carbons (Fsp3) is 0.821. The summed E-state index contributed by atoms with van der Waals surface area (Å²) in [6, 6.07) is 0. The van der Waals surface area contributed by atoms with E-state index in [1.165, 1.54) is 21.3 Å². The first-order valence-corrected chi connectivity index (χ1v) is 25.2. The summed E-state index contributed by atoms with van der Waals surface area (Å²) in [6.07, 6.45) is 7.20. The maximum atomic E-state index is 13.8. The Morgan fingerprint density at radius 3 is 1.67 bits per heavy atom. The van der Waals surface area contributed by atoms with E-state index in [4.69, 9.17) is 14.2 Å². The quantitative estimate of drug-likeness (QED) is 0.0845. The molecular weight excluding hydrogens is 579 g/mol. The topological polar surface area (TPSA) is 78.9 Å². The van der Waals surface area contributed by atoms with Crippen LogP contribution in [0.25, 0.3) is 0 Å². The molecule has 0 radical (unpaired) electrons. The molecular formula is C28H52O6SiSn. The summed E-state index contributed by atoms with van der Waals surface area (Å²) in [6.45, 7) is 13.4. The van der Waals surface area contributed by atoms with Crippen LogP contribution in [0, 0.1) is 11.3 Å². The number of unbranched alkanes of at least 4 members (excludes halogenated alkanes) is 3. The molecule has 1 fully saturated rings. The number of rotatable bonds is 15. The Morgan fingerprint density at radius 1 is 0.889 bits per heavy atom. The molecule has 1 rings (SSSR count). The second-order valence-corrected chi connectivity index (χ2v) is 30.7. The summed E-state index contributed by atoms with van der Waals surface area (Å²) in [5.41, 5.74) is 1.99. The van der Waals surface area contributed by atoms with Gasteiger partial charge in [0.05, 0.1) is 0 Å². The van der Waals surface area contributed by atoms with Crippen LogP contribution in [-0.2, 0) is 28.6 Å². The number of allylic oxidation sites excluding steroid dienone is 1. The van der Waals surface area contributed by atoms with Gasteiger partial charge < -0.3 is 0 Å². The van der Waals surface area contributed by atoms with E-state index in [0.717, 1.165) is 57.4 Å². The van der Waals surface area contributed by atoms with E-state index >= 15 is 0 Å². The molecule has 0 aromatic heterocycles. The van der Waals surface area contributed by atoms with Crippen LogP contribution < -0.4 is 0 Å². The first kappa shape index (κ1) is 33.2. The Bertz CT molecular complexity index is 735. The molecule has 6 nitrogen and oxygen atoms in total. The van der Waals surface area contributed by atoms with Crippen molar-refractivity contribution >= 4 is 44.4 Å². The second-order valence-electron chi connectivity index (χ2n) is 11.8. The van der Waals surface area contributed by atoms with Gasteiger partial charge in [0.25, 0.3) is 0 Å². The molecule has 0 aliphatic heterocycles. The molecule has 1 aliphatic rings. The van der Waals surface area contributed by atoms with Crippen molar-refractivity contribution in [2.45, 2.75) is 109 Å². The van der Waals surface area contributed by atoms with Gasteiger partial charge in [0, 0.05) is 0 Å². The number of hydrogen-bond donors (Lipinski definition) is 0. The normalized spacial score (nSPS) is 19.7. The molecule has 0 saturated heterocycles. The minimum atomic E-state index is -3.21. The molecule has 8 heteroatoms. The molecule has 0 amide bonds. The molecule has 0 spiro atoms. The maximum absolute atomic E-state index is 13.8. The van der Waals surface area contributed by atoms with E-state index in [2.05, 4.69) is 46.1 Å². The average Bonchev–Trinajstić information content (AvgIpc) is 3.21. The van der Waals surface area contributed by atoms with Gasteiger partial charge in [0.2, 0.25) is 0 Å². The monoisotopic (exact) mass is 632 g/mol. The summed E-state index contributed by atoms with van der Waals surface area (Å²) in [4.78, 5) is 40.2. The summed E-state index contributed by atoms with van der Waals surface area (Å²) in [7, 11) is 2.41. The van der Waals surface area contributed by atoms with Crippen molar-refractivity contribution in [2.24, 2.45) is 11.3 Å². The number of esters is 3. The number of carbonyl (C=O) groups excluding carboxylic acids is 3. The van der Waals surface area contributed by atoms with Crippen molar-refractivity contribution < 1.29 is 28.6 Å². The number of carbonyl (C=O) groups is 3. The standard InChI is InChI=1S/C16H25O6Si.3C4H9.Sn/c1-20-13(17)7-11-8-16(14(18)21-2,15(19)22-3)9-12(11)10-23(4,5)6;3*1-3-4-2;/h7,10-11H,8-9H2,1-6H3;3*1,3-4H2,2H3;/b12-10-;;;;. The predicted octanol–water partition coefficient (Wildman–Crippen LogP) is 6.92. The van der Waals surface area contributed by atoms with Crippen LogP contribution in [0.1, 0.15) is 72.1 Å². The second kappa shape index (κ2) is 14.9. The zero-order valence-corrected chi connectivity index (χ0v) is 28.3. The van der Waals surface area contributed by atoms with Gasteiger partial charge >= 0.3 is 226 Å². The molecule has 0 N–H and O–H groups in total. The van der Waals surface area contributed by atoms with Gasteiger partial charge in [-0.25, -0.2) is 0 Å². The molecule has 36 heavy (non-hydrogen) atoms. The minimum absolute atomic E-state index is 0.133. The van der Waals surface area contributed by atoms with Crippen LogP contribution in [-0.4, -0.2) is 65.7 Å². The molecule has 1 saturated carbocycles. The molecule has 0 bridgehead atoms. The summed E-state index contributed by atoms with van der Waals surface area (Å²) < 4.78 is 19.1. The third kappa shape index (κ3) is 8.08. The number of ether oxygens (including phenoxy) is 3. The Hall–Kier alpha value is -0.834. The van der Waals surface area contributed by atoms with Gasteiger partial charge in [-0.15, -0.1) is 0 Å². The van der Waals surface area contributed by atoms with E-state index in [-0.39, 0.29) is 28.7 Å². The van der Waals surface area contributed by atoms with Crippen LogP contribution in [0.4, 0.5) is 0 Å². The van der Waals surface area contributed by atoms with Gasteiger partial charge in [-0.05, 0) is 0 Å². The van der Waals surface area contributed by atoms with Gasteiger partial charge in [-0.3, -0.25) is 0 Å². The van der Waals surface area contributed by atoms with Crippen molar-refractivity contribution in [3.63, 3.8) is 0 Å². The van der Waals surface area contributed by atoms with Crippen LogP contribution in [0.5, 0.6) is 0 Å². The van der Waals surface area contributed by atoms with Gasteiger partial charge in [-0.2, -0.15) is 0 Å². The van der Waals surface area contributed by atoms with Gasteiger partial charge in [0.1, 0.15) is 0 Å². The average molecular weight is 632 g/mol. The fourth-order valence-electron chi connectivity index (χ4n) is 6.29. The van der Waals surface area contributed by atoms with E-state index < -0.39 is 43.8 Å². The SMILES string of the molecule is CCC[CH2][Sn]([CH2]CCC)([CH2]CCC)[CH](C(=O)OC)C1CC(C(=O)OC)(C(=O)OC)C/C1=C/[Si](C)(C)C. The van der Waals surface area contributed by atoms with Crippen LogP contribution in [0.2, 0.25) is 36.9 Å². The van der Waals surface area contributed by atoms with Gasteiger partial charge in [0.15, 0.2) is 0 Å². The Morgan fingerprint density at radius 2 is 1.33 bits per heavy atom. The van der Waals surface area contributed by atoms with Crippen LogP contribution in [0.3, 0.4) is 0 Å².